The minimum Gasteiger partial charge on any atom is -0.354 e. The molecule has 0 radical (unpaired) electrons. The number of anilines is 1. The lowest BCUT2D eigenvalue weighted by Gasteiger charge is -2.33. The first-order valence-electron chi connectivity index (χ1n) is 10.1. The van der Waals surface area contributed by atoms with E-state index >= 15 is 0 Å². The monoisotopic (exact) mass is 506 g/mol. The number of benzene rings is 1. The molecule has 2 aliphatic rings. The van der Waals surface area contributed by atoms with Crippen LogP contribution >= 0.6 is 24.0 Å². The molecule has 0 bridgehead atoms. The van der Waals surface area contributed by atoms with Crippen LogP contribution < -0.4 is 10.2 Å². The molecule has 0 saturated carbocycles. The van der Waals surface area contributed by atoms with Crippen LogP contribution in [0.5, 0.6) is 0 Å². The quantitative estimate of drug-likeness (QED) is 0.394. The number of aromatic nitrogens is 1. The van der Waals surface area contributed by atoms with Gasteiger partial charge in [-0.05, 0) is 42.3 Å². The molecule has 0 amide bonds. The Hall–Kier alpha value is -1.87. The van der Waals surface area contributed by atoms with Crippen molar-refractivity contribution in [2.24, 2.45) is 4.99 Å². The lowest BCUT2D eigenvalue weighted by Crippen LogP contribution is -2.45. The molecule has 1 aromatic carbocycles. The van der Waals surface area contributed by atoms with E-state index in [1.54, 1.807) is 0 Å². The van der Waals surface area contributed by atoms with Crippen LogP contribution in [0, 0.1) is 0 Å². The van der Waals surface area contributed by atoms with E-state index in [4.69, 9.17) is 0 Å². The number of hydrogen-bond donors (Lipinski definition) is 1. The molecule has 0 spiro atoms. The Morgan fingerprint density at radius 1 is 1.07 bits per heavy atom. The number of rotatable bonds is 3. The highest BCUT2D eigenvalue weighted by molar-refractivity contribution is 14.0. The average Bonchev–Trinajstić information content (AvgIpc) is 2.75. The van der Waals surface area contributed by atoms with Gasteiger partial charge >= 0.3 is 0 Å². The van der Waals surface area contributed by atoms with Crippen molar-refractivity contribution >= 4 is 35.8 Å². The van der Waals surface area contributed by atoms with Gasteiger partial charge in [-0.2, -0.15) is 0 Å². The molecule has 2 aliphatic heterocycles. The summed E-state index contributed by atoms with van der Waals surface area (Å²) in [5.74, 6) is 2.04. The van der Waals surface area contributed by atoms with Crippen molar-refractivity contribution < 1.29 is 0 Å². The van der Waals surface area contributed by atoms with Gasteiger partial charge in [0.25, 0.3) is 0 Å². The number of halogens is 1. The number of guanidine groups is 1. The van der Waals surface area contributed by atoms with Crippen LogP contribution in [-0.4, -0.2) is 67.6 Å². The molecule has 4 rings (SSSR count). The number of aliphatic imine (C=N–C) groups is 1. The van der Waals surface area contributed by atoms with E-state index < -0.39 is 0 Å². The summed E-state index contributed by atoms with van der Waals surface area (Å²) >= 11 is 0. The maximum Gasteiger partial charge on any atom is 0.194 e. The van der Waals surface area contributed by atoms with Gasteiger partial charge in [0.1, 0.15) is 5.82 Å². The second kappa shape index (κ2) is 10.2. The maximum absolute atomic E-state index is 4.59. The molecule has 1 fully saturated rings. The Morgan fingerprint density at radius 3 is 2.59 bits per heavy atom. The number of pyridine rings is 1. The average molecular weight is 506 g/mol. The van der Waals surface area contributed by atoms with E-state index in [2.05, 4.69) is 73.4 Å². The fourth-order valence-corrected chi connectivity index (χ4v) is 3.97. The van der Waals surface area contributed by atoms with Crippen LogP contribution in [0.1, 0.15) is 16.7 Å². The van der Waals surface area contributed by atoms with E-state index in [0.29, 0.717) is 0 Å². The molecule has 156 valence electrons. The molecular weight excluding hydrogens is 475 g/mol. The SMILES string of the molecule is CN=C(NCc1ccnc(N2CCN(C)CC2)c1)N1CCc2ccccc2C1.I. The first-order valence-corrected chi connectivity index (χ1v) is 10.1. The number of likely N-dealkylation sites (N-methyl/N-ethyl adjacent to an activating group) is 1. The molecule has 7 heteroatoms. The molecule has 6 nitrogen and oxygen atoms in total. The Kier molecular flexibility index (Phi) is 7.71. The van der Waals surface area contributed by atoms with Gasteiger partial charge < -0.3 is 20.0 Å². The van der Waals surface area contributed by atoms with E-state index in [1.807, 2.05) is 13.2 Å². The van der Waals surface area contributed by atoms with Gasteiger partial charge in [0.2, 0.25) is 0 Å². The number of piperazine rings is 1. The Balaban J connectivity index is 0.00000240. The number of nitrogens with zero attached hydrogens (tertiary/aromatic N) is 5. The fraction of sp³-hybridized carbons (Fsp3) is 0.455. The van der Waals surface area contributed by atoms with Crippen LogP contribution in [0.25, 0.3) is 0 Å². The minimum atomic E-state index is 0. The topological polar surface area (TPSA) is 47.0 Å². The lowest BCUT2D eigenvalue weighted by molar-refractivity contribution is 0.312. The van der Waals surface area contributed by atoms with E-state index in [-0.39, 0.29) is 24.0 Å². The van der Waals surface area contributed by atoms with Gasteiger partial charge in [0, 0.05) is 59.1 Å². The third-order valence-electron chi connectivity index (χ3n) is 5.73. The Bertz CT molecular complexity index is 832. The van der Waals surface area contributed by atoms with Crippen LogP contribution in [-0.2, 0) is 19.5 Å². The first kappa shape index (κ1) is 21.8. The largest absolute Gasteiger partial charge is 0.354 e. The zero-order valence-electron chi connectivity index (χ0n) is 17.3. The molecule has 1 N–H and O–H groups in total. The summed E-state index contributed by atoms with van der Waals surface area (Å²) in [6, 6.07) is 13.0. The molecule has 0 atom stereocenters. The van der Waals surface area contributed by atoms with Crippen LogP contribution in [0.2, 0.25) is 0 Å². The van der Waals surface area contributed by atoms with Crippen molar-refractivity contribution in [1.82, 2.24) is 20.1 Å². The van der Waals surface area contributed by atoms with Gasteiger partial charge in [0.05, 0.1) is 0 Å². The first-order chi connectivity index (χ1) is 13.7. The summed E-state index contributed by atoms with van der Waals surface area (Å²) in [6.45, 7) is 6.93. The molecule has 1 saturated heterocycles. The van der Waals surface area contributed by atoms with Crippen LogP contribution in [0.15, 0.2) is 47.6 Å². The normalized spacial score (nSPS) is 17.5. The fourth-order valence-electron chi connectivity index (χ4n) is 3.97. The zero-order chi connectivity index (χ0) is 19.3. The summed E-state index contributed by atoms with van der Waals surface area (Å²) in [6.07, 6.45) is 2.99. The summed E-state index contributed by atoms with van der Waals surface area (Å²) in [7, 11) is 4.04. The highest BCUT2D eigenvalue weighted by atomic mass is 127. The van der Waals surface area contributed by atoms with Crippen molar-refractivity contribution in [3.05, 3.63) is 59.3 Å². The van der Waals surface area contributed by atoms with Gasteiger partial charge in [-0.15, -0.1) is 24.0 Å². The number of fused-ring (bicyclic) bond motifs is 1. The summed E-state index contributed by atoms with van der Waals surface area (Å²) < 4.78 is 0. The van der Waals surface area contributed by atoms with Crippen molar-refractivity contribution in [3.8, 4) is 0 Å². The molecule has 29 heavy (non-hydrogen) atoms. The van der Waals surface area contributed by atoms with Gasteiger partial charge in [0.15, 0.2) is 5.96 Å². The van der Waals surface area contributed by atoms with Crippen molar-refractivity contribution in [3.63, 3.8) is 0 Å². The molecule has 3 heterocycles. The van der Waals surface area contributed by atoms with Crippen molar-refractivity contribution in [2.45, 2.75) is 19.5 Å². The van der Waals surface area contributed by atoms with Crippen molar-refractivity contribution in [1.29, 1.82) is 0 Å². The standard InChI is InChI=1S/C22H30N6.HI/c1-23-22(28-10-8-19-5-3-4-6-20(19)17-28)25-16-18-7-9-24-21(15-18)27-13-11-26(2)12-14-27;/h3-7,9,15H,8,10-14,16-17H2,1-2H3,(H,23,25);1H. The smallest absolute Gasteiger partial charge is 0.194 e. The number of nitrogens with one attached hydrogen (secondary N) is 1. The summed E-state index contributed by atoms with van der Waals surface area (Å²) in [4.78, 5) is 16.2. The Labute approximate surface area is 191 Å². The highest BCUT2D eigenvalue weighted by Crippen LogP contribution is 2.19. The van der Waals surface area contributed by atoms with E-state index in [9.17, 15) is 0 Å². The molecule has 0 aliphatic carbocycles. The molecule has 0 unspecified atom stereocenters. The summed E-state index contributed by atoms with van der Waals surface area (Å²) in [5, 5.41) is 3.54. The second-order valence-corrected chi connectivity index (χ2v) is 7.65. The predicted octanol–water partition coefficient (Wildman–Crippen LogP) is 2.59. The van der Waals surface area contributed by atoms with Crippen molar-refractivity contribution in [2.75, 3.05) is 51.7 Å². The van der Waals surface area contributed by atoms with E-state index in [0.717, 1.165) is 64.0 Å². The highest BCUT2D eigenvalue weighted by Gasteiger charge is 2.19. The third kappa shape index (κ3) is 5.39. The van der Waals surface area contributed by atoms with Crippen LogP contribution in [0.4, 0.5) is 5.82 Å². The van der Waals surface area contributed by atoms with E-state index in [1.165, 1.54) is 16.7 Å². The zero-order valence-corrected chi connectivity index (χ0v) is 19.7. The third-order valence-corrected chi connectivity index (χ3v) is 5.73. The number of hydrogen-bond acceptors (Lipinski definition) is 4. The molecule has 2 aromatic rings. The van der Waals surface area contributed by atoms with Gasteiger partial charge in [-0.3, -0.25) is 4.99 Å². The maximum atomic E-state index is 4.59. The second-order valence-electron chi connectivity index (χ2n) is 7.65. The molecular formula is C22H31IN6. The summed E-state index contributed by atoms with van der Waals surface area (Å²) in [5.41, 5.74) is 4.10. The lowest BCUT2D eigenvalue weighted by atomic mass is 10.0. The Morgan fingerprint density at radius 2 is 1.83 bits per heavy atom. The van der Waals surface area contributed by atoms with Gasteiger partial charge in [-0.1, -0.05) is 24.3 Å². The van der Waals surface area contributed by atoms with Gasteiger partial charge in [-0.25, -0.2) is 4.98 Å². The predicted molar refractivity (Wildman–Crippen MR) is 130 cm³/mol. The van der Waals surface area contributed by atoms with Crippen LogP contribution in [0.3, 0.4) is 0 Å². The minimum absolute atomic E-state index is 0. The molecule has 1 aromatic heterocycles.